The highest BCUT2D eigenvalue weighted by atomic mass is 79.9. The molecule has 2 rings (SSSR count). The molecule has 1 N–H and O–H groups in total. The largest absolute Gasteiger partial charge is 0.444 e. The molecule has 1 amide bonds. The molecule has 2 heterocycles. The Labute approximate surface area is 149 Å². The van der Waals surface area contributed by atoms with Crippen molar-refractivity contribution in [2.24, 2.45) is 0 Å². The number of rotatable bonds is 4. The summed E-state index contributed by atoms with van der Waals surface area (Å²) >= 11 is 3.30. The number of hydrogen-bond acceptors (Lipinski definition) is 6. The van der Waals surface area contributed by atoms with E-state index in [9.17, 15) is 4.79 Å². The lowest BCUT2D eigenvalue weighted by Crippen LogP contribution is -2.35. The van der Waals surface area contributed by atoms with E-state index < -0.39 is 17.7 Å². The molecule has 0 saturated heterocycles. The summed E-state index contributed by atoms with van der Waals surface area (Å²) in [5.41, 5.74) is -0.569. The minimum Gasteiger partial charge on any atom is -0.444 e. The van der Waals surface area contributed by atoms with Crippen molar-refractivity contribution in [1.82, 2.24) is 30.0 Å². The van der Waals surface area contributed by atoms with Crippen molar-refractivity contribution in [1.29, 1.82) is 0 Å². The SMILES string of the molecule is CCc1nc([C@H](C)NC(=O)OC(C)(C)C)n(-c2ncc(Br)cn2)n1. The van der Waals surface area contributed by atoms with Crippen molar-refractivity contribution in [3.63, 3.8) is 0 Å². The lowest BCUT2D eigenvalue weighted by molar-refractivity contribution is 0.0505. The van der Waals surface area contributed by atoms with E-state index in [4.69, 9.17) is 4.74 Å². The van der Waals surface area contributed by atoms with Gasteiger partial charge in [-0.05, 0) is 43.6 Å². The van der Waals surface area contributed by atoms with Crippen molar-refractivity contribution in [3.8, 4) is 5.95 Å². The zero-order valence-electron chi connectivity index (χ0n) is 14.4. The first-order chi connectivity index (χ1) is 11.2. The van der Waals surface area contributed by atoms with Crippen LogP contribution in [0.4, 0.5) is 4.79 Å². The number of aryl methyl sites for hydroxylation is 1. The maximum atomic E-state index is 12.0. The van der Waals surface area contributed by atoms with Gasteiger partial charge in [0.15, 0.2) is 11.6 Å². The van der Waals surface area contributed by atoms with Gasteiger partial charge in [-0.3, -0.25) is 0 Å². The monoisotopic (exact) mass is 396 g/mol. The molecular weight excluding hydrogens is 376 g/mol. The average Bonchev–Trinajstić information content (AvgIpc) is 2.90. The van der Waals surface area contributed by atoms with E-state index in [1.807, 2.05) is 34.6 Å². The molecule has 0 spiro atoms. The summed E-state index contributed by atoms with van der Waals surface area (Å²) in [4.78, 5) is 24.9. The van der Waals surface area contributed by atoms with E-state index in [0.717, 1.165) is 4.47 Å². The molecule has 0 radical (unpaired) electrons. The molecule has 0 aliphatic heterocycles. The van der Waals surface area contributed by atoms with Crippen molar-refractivity contribution >= 4 is 22.0 Å². The minimum atomic E-state index is -0.569. The molecule has 0 bridgehead atoms. The van der Waals surface area contributed by atoms with Gasteiger partial charge in [0.1, 0.15) is 5.60 Å². The third kappa shape index (κ3) is 4.73. The number of nitrogens with zero attached hydrogens (tertiary/aromatic N) is 5. The van der Waals surface area contributed by atoms with Gasteiger partial charge in [0, 0.05) is 18.8 Å². The third-order valence-electron chi connectivity index (χ3n) is 2.91. The number of alkyl carbamates (subject to hydrolysis) is 1. The van der Waals surface area contributed by atoms with Crippen LogP contribution >= 0.6 is 15.9 Å². The Kier molecular flexibility index (Phi) is 5.53. The van der Waals surface area contributed by atoms with Crippen LogP contribution in [0.5, 0.6) is 0 Å². The number of aromatic nitrogens is 5. The fourth-order valence-corrected chi connectivity index (χ4v) is 2.11. The number of amides is 1. The molecule has 0 fully saturated rings. The Balaban J connectivity index is 2.27. The molecule has 0 aliphatic rings. The van der Waals surface area contributed by atoms with Crippen molar-refractivity contribution < 1.29 is 9.53 Å². The number of halogens is 1. The summed E-state index contributed by atoms with van der Waals surface area (Å²) in [5.74, 6) is 1.58. The topological polar surface area (TPSA) is 94.8 Å². The van der Waals surface area contributed by atoms with Crippen LogP contribution in [0, 0.1) is 0 Å². The number of ether oxygens (including phenoxy) is 1. The quantitative estimate of drug-likeness (QED) is 0.853. The Hall–Kier alpha value is -2.03. The molecule has 9 heteroatoms. The van der Waals surface area contributed by atoms with Crippen LogP contribution in [0.1, 0.15) is 52.3 Å². The molecule has 0 aromatic carbocycles. The molecule has 24 heavy (non-hydrogen) atoms. The first kappa shape index (κ1) is 18.3. The lowest BCUT2D eigenvalue weighted by Gasteiger charge is -2.21. The molecule has 1 atom stereocenters. The summed E-state index contributed by atoms with van der Waals surface area (Å²) in [7, 11) is 0. The van der Waals surface area contributed by atoms with E-state index in [0.29, 0.717) is 24.0 Å². The van der Waals surface area contributed by atoms with Crippen molar-refractivity contribution in [2.45, 2.75) is 52.7 Å². The van der Waals surface area contributed by atoms with Crippen LogP contribution in [0.3, 0.4) is 0 Å². The number of hydrogen-bond donors (Lipinski definition) is 1. The van der Waals surface area contributed by atoms with Gasteiger partial charge < -0.3 is 10.1 Å². The van der Waals surface area contributed by atoms with Gasteiger partial charge in [0.2, 0.25) is 0 Å². The summed E-state index contributed by atoms with van der Waals surface area (Å²) in [5, 5.41) is 7.17. The maximum Gasteiger partial charge on any atom is 0.408 e. The normalized spacial score (nSPS) is 12.8. The fourth-order valence-electron chi connectivity index (χ4n) is 1.91. The molecule has 0 saturated carbocycles. The number of carbonyl (C=O) groups is 1. The van der Waals surface area contributed by atoms with Crippen LogP contribution in [0.15, 0.2) is 16.9 Å². The molecule has 130 valence electrons. The first-order valence-corrected chi connectivity index (χ1v) is 8.42. The average molecular weight is 397 g/mol. The Morgan fingerprint density at radius 1 is 1.38 bits per heavy atom. The smallest absolute Gasteiger partial charge is 0.408 e. The van der Waals surface area contributed by atoms with Crippen LogP contribution < -0.4 is 5.32 Å². The molecular formula is C15H21BrN6O2. The van der Waals surface area contributed by atoms with Crippen molar-refractivity contribution in [3.05, 3.63) is 28.5 Å². The molecule has 0 unspecified atom stereocenters. The summed E-state index contributed by atoms with van der Waals surface area (Å²) in [6.45, 7) is 9.19. The van der Waals surface area contributed by atoms with Crippen LogP contribution in [-0.4, -0.2) is 36.4 Å². The van der Waals surface area contributed by atoms with Crippen molar-refractivity contribution in [2.75, 3.05) is 0 Å². The van der Waals surface area contributed by atoms with E-state index in [2.05, 4.69) is 41.3 Å². The Morgan fingerprint density at radius 3 is 2.54 bits per heavy atom. The standard InChI is InChI=1S/C15H21BrN6O2/c1-6-11-20-12(9(2)19-14(23)24-15(3,4)5)22(21-11)13-17-7-10(16)8-18-13/h7-9H,6H2,1-5H3,(H,19,23)/t9-/m0/s1. The Morgan fingerprint density at radius 2 is 2.00 bits per heavy atom. The summed E-state index contributed by atoms with van der Waals surface area (Å²) in [6.07, 6.45) is 3.41. The van der Waals surface area contributed by atoms with Crippen LogP contribution in [0.25, 0.3) is 5.95 Å². The molecule has 2 aromatic heterocycles. The highest BCUT2D eigenvalue weighted by molar-refractivity contribution is 9.10. The van der Waals surface area contributed by atoms with E-state index >= 15 is 0 Å². The second kappa shape index (κ2) is 7.25. The van der Waals surface area contributed by atoms with Crippen LogP contribution in [0.2, 0.25) is 0 Å². The number of nitrogens with one attached hydrogen (secondary N) is 1. The molecule has 8 nitrogen and oxygen atoms in total. The predicted octanol–water partition coefficient (Wildman–Crippen LogP) is 2.97. The van der Waals surface area contributed by atoms with Gasteiger partial charge in [-0.15, -0.1) is 5.10 Å². The summed E-state index contributed by atoms with van der Waals surface area (Å²) < 4.78 is 7.58. The predicted molar refractivity (Wildman–Crippen MR) is 91.8 cm³/mol. The van der Waals surface area contributed by atoms with Gasteiger partial charge in [0.25, 0.3) is 5.95 Å². The maximum absolute atomic E-state index is 12.0. The number of carbonyl (C=O) groups excluding carboxylic acids is 1. The molecule has 2 aromatic rings. The van der Waals surface area contributed by atoms with Gasteiger partial charge in [0.05, 0.1) is 10.5 Å². The fraction of sp³-hybridized carbons (Fsp3) is 0.533. The van der Waals surface area contributed by atoms with E-state index in [1.165, 1.54) is 4.68 Å². The zero-order valence-corrected chi connectivity index (χ0v) is 16.0. The van der Waals surface area contributed by atoms with Crippen LogP contribution in [-0.2, 0) is 11.2 Å². The Bertz CT molecular complexity index is 708. The van der Waals surface area contributed by atoms with Gasteiger partial charge in [-0.2, -0.15) is 4.68 Å². The zero-order chi connectivity index (χ0) is 17.9. The highest BCUT2D eigenvalue weighted by Gasteiger charge is 2.23. The first-order valence-electron chi connectivity index (χ1n) is 7.63. The van der Waals surface area contributed by atoms with E-state index in [1.54, 1.807) is 12.4 Å². The summed E-state index contributed by atoms with van der Waals surface area (Å²) in [6, 6.07) is -0.417. The lowest BCUT2D eigenvalue weighted by atomic mass is 10.2. The second-order valence-corrected chi connectivity index (χ2v) is 7.14. The highest BCUT2D eigenvalue weighted by Crippen LogP contribution is 2.16. The van der Waals surface area contributed by atoms with Gasteiger partial charge in [-0.25, -0.2) is 19.7 Å². The second-order valence-electron chi connectivity index (χ2n) is 6.22. The van der Waals surface area contributed by atoms with E-state index in [-0.39, 0.29) is 0 Å². The van der Waals surface area contributed by atoms with Gasteiger partial charge >= 0.3 is 6.09 Å². The minimum absolute atomic E-state index is 0.387. The molecule has 0 aliphatic carbocycles. The third-order valence-corrected chi connectivity index (χ3v) is 3.32. The van der Waals surface area contributed by atoms with Gasteiger partial charge in [-0.1, -0.05) is 6.92 Å².